The molecule has 1 aromatic carbocycles. The lowest BCUT2D eigenvalue weighted by Crippen LogP contribution is -2.51. The fourth-order valence-electron chi connectivity index (χ4n) is 3.15. The predicted octanol–water partition coefficient (Wildman–Crippen LogP) is 3.08. The molecule has 0 radical (unpaired) electrons. The molecular weight excluding hydrogens is 302 g/mol. The van der Waals surface area contributed by atoms with Crippen LogP contribution in [0.1, 0.15) is 51.6 Å². The number of carbonyl (C=O) groups excluding carboxylic acids is 2. The standard InChI is InChI=1S/C19H29N3O2/c1-4-14(3)21-18(23)16-11-12-17(15-9-7-6-8-10-15)22(13-16)19(24)20-5-2/h6-10,14,16-17H,4-5,11-13H2,1-3H3,(H,20,24)(H,21,23). The third-order valence-electron chi connectivity index (χ3n) is 4.73. The van der Waals surface area contributed by atoms with Gasteiger partial charge >= 0.3 is 6.03 Å². The highest BCUT2D eigenvalue weighted by molar-refractivity contribution is 5.81. The van der Waals surface area contributed by atoms with E-state index in [0.29, 0.717) is 13.1 Å². The van der Waals surface area contributed by atoms with Crippen molar-refractivity contribution in [2.24, 2.45) is 5.92 Å². The van der Waals surface area contributed by atoms with E-state index in [1.54, 1.807) is 0 Å². The highest BCUT2D eigenvalue weighted by Gasteiger charge is 2.35. The summed E-state index contributed by atoms with van der Waals surface area (Å²) in [7, 11) is 0. The van der Waals surface area contributed by atoms with E-state index in [1.807, 2.05) is 36.9 Å². The number of likely N-dealkylation sites (tertiary alicyclic amines) is 1. The third-order valence-corrected chi connectivity index (χ3v) is 4.73. The van der Waals surface area contributed by atoms with Crippen LogP contribution < -0.4 is 10.6 Å². The molecule has 1 fully saturated rings. The van der Waals surface area contributed by atoms with Crippen molar-refractivity contribution in [3.63, 3.8) is 0 Å². The van der Waals surface area contributed by atoms with E-state index in [2.05, 4.69) is 29.7 Å². The molecule has 5 nitrogen and oxygen atoms in total. The molecule has 0 aromatic heterocycles. The van der Waals surface area contributed by atoms with Crippen LogP contribution in [0.2, 0.25) is 0 Å². The van der Waals surface area contributed by atoms with Crippen molar-refractivity contribution in [1.82, 2.24) is 15.5 Å². The Kier molecular flexibility index (Phi) is 6.64. The molecule has 3 amide bonds. The number of nitrogens with zero attached hydrogens (tertiary/aromatic N) is 1. The average molecular weight is 331 g/mol. The molecule has 1 aromatic rings. The fraction of sp³-hybridized carbons (Fsp3) is 0.579. The Morgan fingerprint density at radius 2 is 1.92 bits per heavy atom. The molecule has 2 rings (SSSR count). The zero-order chi connectivity index (χ0) is 17.5. The van der Waals surface area contributed by atoms with E-state index in [1.165, 1.54) is 0 Å². The summed E-state index contributed by atoms with van der Waals surface area (Å²) < 4.78 is 0. The molecule has 132 valence electrons. The SMILES string of the molecule is CCNC(=O)N1CC(C(=O)NC(C)CC)CCC1c1ccccc1. The molecule has 0 bridgehead atoms. The van der Waals surface area contributed by atoms with Gasteiger partial charge in [0, 0.05) is 19.1 Å². The van der Waals surface area contributed by atoms with E-state index < -0.39 is 0 Å². The molecule has 2 N–H and O–H groups in total. The molecular formula is C19H29N3O2. The molecule has 1 saturated heterocycles. The number of urea groups is 1. The summed E-state index contributed by atoms with van der Waals surface area (Å²) in [4.78, 5) is 26.8. The zero-order valence-electron chi connectivity index (χ0n) is 14.9. The zero-order valence-corrected chi connectivity index (χ0v) is 14.9. The first kappa shape index (κ1) is 18.3. The summed E-state index contributed by atoms with van der Waals surface area (Å²) >= 11 is 0. The lowest BCUT2D eigenvalue weighted by atomic mass is 9.88. The first-order valence-electron chi connectivity index (χ1n) is 8.96. The van der Waals surface area contributed by atoms with Gasteiger partial charge in [0.1, 0.15) is 0 Å². The molecule has 0 spiro atoms. The summed E-state index contributed by atoms with van der Waals surface area (Å²) in [5, 5.41) is 5.93. The first-order valence-corrected chi connectivity index (χ1v) is 8.96. The summed E-state index contributed by atoms with van der Waals surface area (Å²) in [5.74, 6) is -0.0771. The van der Waals surface area contributed by atoms with Gasteiger partial charge in [-0.15, -0.1) is 0 Å². The van der Waals surface area contributed by atoms with Crippen molar-refractivity contribution < 1.29 is 9.59 Å². The quantitative estimate of drug-likeness (QED) is 0.871. The molecule has 24 heavy (non-hydrogen) atoms. The van der Waals surface area contributed by atoms with E-state index >= 15 is 0 Å². The molecule has 3 atom stereocenters. The van der Waals surface area contributed by atoms with Gasteiger partial charge in [-0.25, -0.2) is 4.79 Å². The van der Waals surface area contributed by atoms with Crippen molar-refractivity contribution in [3.8, 4) is 0 Å². The highest BCUT2D eigenvalue weighted by atomic mass is 16.2. The number of rotatable bonds is 5. The Morgan fingerprint density at radius 1 is 1.21 bits per heavy atom. The highest BCUT2D eigenvalue weighted by Crippen LogP contribution is 2.33. The van der Waals surface area contributed by atoms with Gasteiger partial charge in [-0.05, 0) is 38.7 Å². The molecule has 5 heteroatoms. The number of piperidine rings is 1. The minimum atomic E-state index is -0.137. The summed E-state index contributed by atoms with van der Waals surface area (Å²) in [6, 6.07) is 10.2. The van der Waals surface area contributed by atoms with Crippen LogP contribution in [0.15, 0.2) is 30.3 Å². The lowest BCUT2D eigenvalue weighted by Gasteiger charge is -2.39. The molecule has 0 aliphatic carbocycles. The number of benzene rings is 1. The Balaban J connectivity index is 2.13. The van der Waals surface area contributed by atoms with Crippen molar-refractivity contribution in [1.29, 1.82) is 0 Å². The second-order valence-corrected chi connectivity index (χ2v) is 6.51. The summed E-state index contributed by atoms with van der Waals surface area (Å²) in [5.41, 5.74) is 1.13. The van der Waals surface area contributed by atoms with E-state index in [4.69, 9.17) is 0 Å². The number of amides is 3. The second kappa shape index (κ2) is 8.71. The maximum Gasteiger partial charge on any atom is 0.317 e. The van der Waals surface area contributed by atoms with Crippen LogP contribution in [0.4, 0.5) is 4.79 Å². The molecule has 0 saturated carbocycles. The molecule has 1 aliphatic rings. The van der Waals surface area contributed by atoms with Crippen LogP contribution in [-0.4, -0.2) is 36.0 Å². The fourth-order valence-corrected chi connectivity index (χ4v) is 3.15. The monoisotopic (exact) mass is 331 g/mol. The van der Waals surface area contributed by atoms with Gasteiger partial charge < -0.3 is 15.5 Å². The van der Waals surface area contributed by atoms with Crippen LogP contribution in [0.3, 0.4) is 0 Å². The number of hydrogen-bond acceptors (Lipinski definition) is 2. The Hall–Kier alpha value is -2.04. The molecule has 1 heterocycles. The van der Waals surface area contributed by atoms with Crippen LogP contribution in [0.25, 0.3) is 0 Å². The van der Waals surface area contributed by atoms with Crippen molar-refractivity contribution in [2.45, 2.75) is 52.1 Å². The second-order valence-electron chi connectivity index (χ2n) is 6.51. The number of nitrogens with one attached hydrogen (secondary N) is 2. The Morgan fingerprint density at radius 3 is 2.54 bits per heavy atom. The van der Waals surface area contributed by atoms with Gasteiger partial charge in [-0.3, -0.25) is 4.79 Å². The van der Waals surface area contributed by atoms with Crippen LogP contribution in [0, 0.1) is 5.92 Å². The Labute approximate surface area is 144 Å². The van der Waals surface area contributed by atoms with Crippen molar-refractivity contribution >= 4 is 11.9 Å². The first-order chi connectivity index (χ1) is 11.6. The van der Waals surface area contributed by atoms with Crippen molar-refractivity contribution in [3.05, 3.63) is 35.9 Å². The largest absolute Gasteiger partial charge is 0.353 e. The maximum atomic E-state index is 12.5. The summed E-state index contributed by atoms with van der Waals surface area (Å²) in [6.45, 7) is 7.02. The van der Waals surface area contributed by atoms with Gasteiger partial charge in [0.25, 0.3) is 0 Å². The van der Waals surface area contributed by atoms with Crippen LogP contribution in [-0.2, 0) is 4.79 Å². The van der Waals surface area contributed by atoms with E-state index in [0.717, 1.165) is 24.8 Å². The normalized spacial score (nSPS) is 21.9. The van der Waals surface area contributed by atoms with E-state index in [9.17, 15) is 9.59 Å². The van der Waals surface area contributed by atoms with Gasteiger partial charge in [0.15, 0.2) is 0 Å². The van der Waals surface area contributed by atoms with Gasteiger partial charge in [-0.2, -0.15) is 0 Å². The summed E-state index contributed by atoms with van der Waals surface area (Å²) in [6.07, 6.45) is 2.52. The lowest BCUT2D eigenvalue weighted by molar-refractivity contribution is -0.127. The van der Waals surface area contributed by atoms with Crippen LogP contribution >= 0.6 is 0 Å². The third kappa shape index (κ3) is 4.49. The van der Waals surface area contributed by atoms with Gasteiger partial charge in [0.2, 0.25) is 5.91 Å². The van der Waals surface area contributed by atoms with Gasteiger partial charge in [0.05, 0.1) is 12.0 Å². The minimum Gasteiger partial charge on any atom is -0.353 e. The Bertz CT molecular complexity index is 547. The van der Waals surface area contributed by atoms with Crippen molar-refractivity contribution in [2.75, 3.05) is 13.1 Å². The molecule has 3 unspecified atom stereocenters. The maximum absolute atomic E-state index is 12.5. The minimum absolute atomic E-state index is 0.0328. The molecule has 1 aliphatic heterocycles. The average Bonchev–Trinajstić information content (AvgIpc) is 2.62. The number of hydrogen-bond donors (Lipinski definition) is 2. The van der Waals surface area contributed by atoms with E-state index in [-0.39, 0.29) is 29.9 Å². The number of carbonyl (C=O) groups is 2. The smallest absolute Gasteiger partial charge is 0.317 e. The topological polar surface area (TPSA) is 61.4 Å². The predicted molar refractivity (Wildman–Crippen MR) is 95.6 cm³/mol. The van der Waals surface area contributed by atoms with Gasteiger partial charge in [-0.1, -0.05) is 37.3 Å². The van der Waals surface area contributed by atoms with Crippen LogP contribution in [0.5, 0.6) is 0 Å².